The average Bonchev–Trinajstić information content (AvgIpc) is 2.99. The number of thiazole rings is 1. The number of rotatable bonds is 5. The van der Waals surface area contributed by atoms with Gasteiger partial charge in [0, 0.05) is 16.8 Å². The van der Waals surface area contributed by atoms with Gasteiger partial charge in [-0.25, -0.2) is 17.8 Å². The van der Waals surface area contributed by atoms with Crippen LogP contribution in [0.5, 0.6) is 0 Å². The molecule has 9 heteroatoms. The highest BCUT2D eigenvalue weighted by Crippen LogP contribution is 2.27. The maximum absolute atomic E-state index is 13.2. The molecule has 0 spiro atoms. The van der Waals surface area contributed by atoms with E-state index in [1.807, 2.05) is 0 Å². The average molecular weight is 431 g/mol. The topological polar surface area (TPSA) is 59.1 Å². The van der Waals surface area contributed by atoms with Crippen molar-refractivity contribution >= 4 is 49.7 Å². The summed E-state index contributed by atoms with van der Waals surface area (Å²) in [4.78, 5) is 4.38. The fourth-order valence-electron chi connectivity index (χ4n) is 2.34. The molecule has 26 heavy (non-hydrogen) atoms. The second kappa shape index (κ2) is 7.52. The number of anilines is 1. The summed E-state index contributed by atoms with van der Waals surface area (Å²) < 4.78 is 40.8. The summed E-state index contributed by atoms with van der Waals surface area (Å²) in [6.45, 7) is 1.64. The van der Waals surface area contributed by atoms with Gasteiger partial charge in [-0.1, -0.05) is 35.3 Å². The predicted molar refractivity (Wildman–Crippen MR) is 103 cm³/mol. The molecule has 0 aliphatic heterocycles. The molecule has 1 N–H and O–H groups in total. The van der Waals surface area contributed by atoms with Gasteiger partial charge in [0.2, 0.25) is 0 Å². The SMILES string of the molecule is Cc1c(Cl)cccc1S(=O)(=O)Nc1nc(Cc2ccc(F)c(Cl)c2)cs1. The molecule has 0 aliphatic carbocycles. The Morgan fingerprint density at radius 2 is 1.96 bits per heavy atom. The highest BCUT2D eigenvalue weighted by molar-refractivity contribution is 7.93. The number of nitrogens with one attached hydrogen (secondary N) is 1. The van der Waals surface area contributed by atoms with Gasteiger partial charge in [0.25, 0.3) is 10.0 Å². The van der Waals surface area contributed by atoms with Gasteiger partial charge in [-0.15, -0.1) is 11.3 Å². The quantitative estimate of drug-likeness (QED) is 0.597. The van der Waals surface area contributed by atoms with E-state index in [9.17, 15) is 12.8 Å². The Morgan fingerprint density at radius 3 is 2.69 bits per heavy atom. The number of hydrogen-bond donors (Lipinski definition) is 1. The van der Waals surface area contributed by atoms with Crippen molar-refractivity contribution < 1.29 is 12.8 Å². The largest absolute Gasteiger partial charge is 0.263 e. The van der Waals surface area contributed by atoms with Crippen LogP contribution in [-0.2, 0) is 16.4 Å². The van der Waals surface area contributed by atoms with Crippen molar-refractivity contribution in [1.29, 1.82) is 0 Å². The number of benzene rings is 2. The molecular weight excluding hydrogens is 418 g/mol. The van der Waals surface area contributed by atoms with E-state index in [-0.39, 0.29) is 15.0 Å². The van der Waals surface area contributed by atoms with Crippen LogP contribution >= 0.6 is 34.5 Å². The molecule has 1 heterocycles. The van der Waals surface area contributed by atoms with E-state index in [2.05, 4.69) is 9.71 Å². The molecule has 3 aromatic rings. The molecule has 0 radical (unpaired) electrons. The lowest BCUT2D eigenvalue weighted by atomic mass is 10.1. The molecule has 4 nitrogen and oxygen atoms in total. The van der Waals surface area contributed by atoms with Crippen molar-refractivity contribution in [3.63, 3.8) is 0 Å². The Balaban J connectivity index is 1.79. The van der Waals surface area contributed by atoms with Crippen molar-refractivity contribution in [3.8, 4) is 0 Å². The molecule has 0 unspecified atom stereocenters. The van der Waals surface area contributed by atoms with Gasteiger partial charge in [0.15, 0.2) is 5.13 Å². The van der Waals surface area contributed by atoms with Gasteiger partial charge >= 0.3 is 0 Å². The van der Waals surface area contributed by atoms with Crippen molar-refractivity contribution in [1.82, 2.24) is 4.98 Å². The minimum atomic E-state index is -3.80. The van der Waals surface area contributed by atoms with Gasteiger partial charge in [0.05, 0.1) is 15.6 Å². The second-order valence-corrected chi connectivity index (χ2v) is 8.86. The van der Waals surface area contributed by atoms with Crippen molar-refractivity contribution in [2.75, 3.05) is 4.72 Å². The van der Waals surface area contributed by atoms with Crippen LogP contribution in [0, 0.1) is 12.7 Å². The van der Waals surface area contributed by atoms with Crippen LogP contribution < -0.4 is 4.72 Å². The lowest BCUT2D eigenvalue weighted by Crippen LogP contribution is -2.14. The molecular formula is C17H13Cl2FN2O2S2. The third-order valence-electron chi connectivity index (χ3n) is 3.65. The number of hydrogen-bond acceptors (Lipinski definition) is 4. The van der Waals surface area contributed by atoms with E-state index in [1.54, 1.807) is 30.5 Å². The van der Waals surface area contributed by atoms with Gasteiger partial charge in [-0.2, -0.15) is 0 Å². The van der Waals surface area contributed by atoms with E-state index >= 15 is 0 Å². The molecule has 2 aromatic carbocycles. The first kappa shape index (κ1) is 19.1. The number of sulfonamides is 1. The summed E-state index contributed by atoms with van der Waals surface area (Å²) in [5, 5.41) is 2.39. The summed E-state index contributed by atoms with van der Waals surface area (Å²) in [6.07, 6.45) is 0.411. The van der Waals surface area contributed by atoms with Crippen molar-refractivity contribution in [2.45, 2.75) is 18.2 Å². The van der Waals surface area contributed by atoms with Gasteiger partial charge in [-0.05, 0) is 42.3 Å². The highest BCUT2D eigenvalue weighted by atomic mass is 35.5. The molecule has 1 aromatic heterocycles. The molecule has 136 valence electrons. The zero-order valence-corrected chi connectivity index (χ0v) is 16.6. The summed E-state index contributed by atoms with van der Waals surface area (Å²) in [5.41, 5.74) is 1.90. The predicted octanol–water partition coefficient (Wildman–Crippen LogP) is 5.29. The molecule has 0 bridgehead atoms. The summed E-state index contributed by atoms with van der Waals surface area (Å²) in [6, 6.07) is 9.12. The fraction of sp³-hybridized carbons (Fsp3) is 0.118. The first-order valence-corrected chi connectivity index (χ1v) is 10.5. The summed E-state index contributed by atoms with van der Waals surface area (Å²) in [5.74, 6) is -0.487. The minimum absolute atomic E-state index is 0.0371. The van der Waals surface area contributed by atoms with Crippen LogP contribution in [0.4, 0.5) is 9.52 Å². The summed E-state index contributed by atoms with van der Waals surface area (Å²) >= 11 is 12.9. The van der Waals surface area contributed by atoms with Gasteiger partial charge < -0.3 is 0 Å². The maximum Gasteiger partial charge on any atom is 0.263 e. The molecule has 3 rings (SSSR count). The molecule has 0 saturated heterocycles. The van der Waals surface area contributed by atoms with Crippen LogP contribution in [0.2, 0.25) is 10.0 Å². The normalized spacial score (nSPS) is 11.5. The zero-order valence-electron chi connectivity index (χ0n) is 13.5. The third-order valence-corrected chi connectivity index (χ3v) is 6.77. The Kier molecular flexibility index (Phi) is 5.53. The van der Waals surface area contributed by atoms with Gasteiger partial charge in [0.1, 0.15) is 5.82 Å². The summed E-state index contributed by atoms with van der Waals surface area (Å²) in [7, 11) is -3.80. The van der Waals surface area contributed by atoms with E-state index in [0.29, 0.717) is 22.7 Å². The van der Waals surface area contributed by atoms with Gasteiger partial charge in [-0.3, -0.25) is 4.72 Å². The monoisotopic (exact) mass is 430 g/mol. The van der Waals surface area contributed by atoms with Crippen LogP contribution in [-0.4, -0.2) is 13.4 Å². The van der Waals surface area contributed by atoms with Crippen LogP contribution in [0.25, 0.3) is 0 Å². The first-order chi connectivity index (χ1) is 12.3. The number of nitrogens with zero attached hydrogens (tertiary/aromatic N) is 1. The van der Waals surface area contributed by atoms with Crippen LogP contribution in [0.3, 0.4) is 0 Å². The van der Waals surface area contributed by atoms with E-state index < -0.39 is 15.8 Å². The molecule has 0 aliphatic rings. The highest BCUT2D eigenvalue weighted by Gasteiger charge is 2.19. The Bertz CT molecular complexity index is 1070. The lowest BCUT2D eigenvalue weighted by molar-refractivity contribution is 0.600. The van der Waals surface area contributed by atoms with E-state index in [0.717, 1.165) is 5.56 Å². The third kappa shape index (κ3) is 4.17. The smallest absolute Gasteiger partial charge is 0.255 e. The molecule has 0 fully saturated rings. The maximum atomic E-state index is 13.2. The minimum Gasteiger partial charge on any atom is -0.255 e. The standard InChI is InChI=1S/C17H13Cl2FN2O2S2/c1-10-13(18)3-2-4-16(10)26(23,24)22-17-21-12(9-25-17)7-11-5-6-15(20)14(19)8-11/h2-6,8-9H,7H2,1H3,(H,21,22). The van der Waals surface area contributed by atoms with Crippen molar-refractivity contribution in [3.05, 3.63) is 74.5 Å². The van der Waals surface area contributed by atoms with Crippen molar-refractivity contribution in [2.24, 2.45) is 0 Å². The Labute approximate surface area is 164 Å². The Morgan fingerprint density at radius 1 is 1.19 bits per heavy atom. The number of halogens is 3. The zero-order chi connectivity index (χ0) is 18.9. The number of aromatic nitrogens is 1. The van der Waals surface area contributed by atoms with E-state index in [4.69, 9.17) is 23.2 Å². The van der Waals surface area contributed by atoms with E-state index in [1.165, 1.54) is 29.5 Å². The second-order valence-electron chi connectivity index (χ2n) is 5.54. The lowest BCUT2D eigenvalue weighted by Gasteiger charge is -2.09. The van der Waals surface area contributed by atoms with Crippen LogP contribution in [0.1, 0.15) is 16.8 Å². The molecule has 0 saturated carbocycles. The molecule has 0 atom stereocenters. The molecule has 0 amide bonds. The van der Waals surface area contributed by atoms with Crippen LogP contribution in [0.15, 0.2) is 46.7 Å². The Hall–Kier alpha value is -1.67. The first-order valence-electron chi connectivity index (χ1n) is 7.42. The fourth-order valence-corrected chi connectivity index (χ4v) is 5.01.